The topological polar surface area (TPSA) is 4.93 Å². The maximum atomic E-state index is 2.58. The molecule has 0 aliphatic heterocycles. The molecule has 3 aliphatic rings. The molecule has 1 aromatic heterocycles. The van der Waals surface area contributed by atoms with E-state index in [9.17, 15) is 0 Å². The Morgan fingerprint density at radius 1 is 0.279 bits per heavy atom. The van der Waals surface area contributed by atoms with Gasteiger partial charge in [-0.25, -0.2) is 0 Å². The maximum Gasteiger partial charge on any atom is 0.0720 e. The van der Waals surface area contributed by atoms with Gasteiger partial charge >= 0.3 is 0 Å². The van der Waals surface area contributed by atoms with Gasteiger partial charge in [-0.15, -0.1) is 0 Å². The molecular formula is C60H37N. The standard InChI is InChI=1S/C60H37N/c1-2-17-38(18-3-1)40-20-16-21-41(35-40)61-57-37-56-47(36-48(57)46-34-33-39-19-4-5-22-42(39)58(46)61)45-25-8-11-28-51(45)60(56)54-31-14-12-29-52(54)59(53-30-13-15-32-55(53)60)49-26-9-6-23-43(49)44-24-7-10-27-50(44)59/h1-37H. The quantitative estimate of drug-likeness (QED) is 0.165. The van der Waals surface area contributed by atoms with Crippen LogP contribution in [0.2, 0.25) is 0 Å². The molecule has 10 aromatic carbocycles. The molecule has 0 saturated heterocycles. The minimum atomic E-state index is -0.569. The third-order valence-corrected chi connectivity index (χ3v) is 14.5. The van der Waals surface area contributed by atoms with Gasteiger partial charge in [-0.2, -0.15) is 0 Å². The molecule has 0 unspecified atom stereocenters. The maximum absolute atomic E-state index is 2.58. The zero-order chi connectivity index (χ0) is 39.9. The highest BCUT2D eigenvalue weighted by atomic mass is 15.0. The lowest BCUT2D eigenvalue weighted by atomic mass is 9.52. The van der Waals surface area contributed by atoms with E-state index in [1.165, 1.54) is 110 Å². The van der Waals surface area contributed by atoms with Crippen LogP contribution in [0.1, 0.15) is 44.5 Å². The van der Waals surface area contributed by atoms with Gasteiger partial charge in [0, 0.05) is 21.8 Å². The summed E-state index contributed by atoms with van der Waals surface area (Å²) in [6.45, 7) is 0. The molecule has 0 fully saturated rings. The highest BCUT2D eigenvalue weighted by Crippen LogP contribution is 2.67. The molecular weight excluding hydrogens is 735 g/mol. The van der Waals surface area contributed by atoms with Crippen molar-refractivity contribution in [1.82, 2.24) is 4.57 Å². The van der Waals surface area contributed by atoms with Crippen LogP contribution in [0.5, 0.6) is 0 Å². The highest BCUT2D eigenvalue weighted by molar-refractivity contribution is 6.20. The summed E-state index contributed by atoms with van der Waals surface area (Å²) < 4.78 is 2.56. The Kier molecular flexibility index (Phi) is 6.48. The molecule has 0 bridgehead atoms. The van der Waals surface area contributed by atoms with Gasteiger partial charge in [-0.1, -0.05) is 200 Å². The molecule has 0 saturated carbocycles. The monoisotopic (exact) mass is 771 g/mol. The Balaban J connectivity index is 1.15. The van der Waals surface area contributed by atoms with E-state index in [4.69, 9.17) is 0 Å². The van der Waals surface area contributed by atoms with Crippen LogP contribution >= 0.6 is 0 Å². The Hall–Kier alpha value is -7.74. The Morgan fingerprint density at radius 2 is 0.770 bits per heavy atom. The lowest BCUT2D eigenvalue weighted by molar-refractivity contribution is 0.633. The van der Waals surface area contributed by atoms with E-state index in [2.05, 4.69) is 229 Å². The number of aromatic nitrogens is 1. The van der Waals surface area contributed by atoms with Gasteiger partial charge in [0.15, 0.2) is 0 Å². The van der Waals surface area contributed by atoms with Crippen LogP contribution in [-0.2, 0) is 10.8 Å². The van der Waals surface area contributed by atoms with E-state index in [0.29, 0.717) is 0 Å². The first-order chi connectivity index (χ1) is 30.3. The Bertz CT molecular complexity index is 3560. The van der Waals surface area contributed by atoms with Crippen molar-refractivity contribution in [3.8, 4) is 39.1 Å². The SMILES string of the molecule is c1ccc(-c2cccc(-n3c4cc5c(cc4c4ccc6ccccc6c43)-c3ccccc3C53c4ccccc4C4(c5ccccc5-c5ccccc54)c4ccccc43)c2)cc1. The van der Waals surface area contributed by atoms with Crippen molar-refractivity contribution in [2.75, 3.05) is 0 Å². The van der Waals surface area contributed by atoms with Gasteiger partial charge in [-0.3, -0.25) is 0 Å². The van der Waals surface area contributed by atoms with Crippen LogP contribution in [0, 0.1) is 0 Å². The molecule has 0 atom stereocenters. The zero-order valence-electron chi connectivity index (χ0n) is 33.3. The lowest BCUT2D eigenvalue weighted by Gasteiger charge is -2.48. The smallest absolute Gasteiger partial charge is 0.0720 e. The number of nitrogens with zero attached hydrogens (tertiary/aromatic N) is 1. The van der Waals surface area contributed by atoms with Crippen molar-refractivity contribution < 1.29 is 0 Å². The molecule has 1 nitrogen and oxygen atoms in total. The van der Waals surface area contributed by atoms with Gasteiger partial charge in [0.1, 0.15) is 0 Å². The zero-order valence-corrected chi connectivity index (χ0v) is 33.3. The number of hydrogen-bond acceptors (Lipinski definition) is 0. The summed E-state index contributed by atoms with van der Waals surface area (Å²) in [7, 11) is 0. The molecule has 282 valence electrons. The molecule has 14 rings (SSSR count). The van der Waals surface area contributed by atoms with Crippen LogP contribution in [0.15, 0.2) is 224 Å². The molecule has 3 aliphatic carbocycles. The summed E-state index contributed by atoms with van der Waals surface area (Å²) in [5, 5.41) is 5.03. The van der Waals surface area contributed by atoms with Crippen molar-refractivity contribution in [3.05, 3.63) is 269 Å². The Labute approximate surface area is 354 Å². The van der Waals surface area contributed by atoms with Crippen molar-refractivity contribution in [2.24, 2.45) is 0 Å². The highest BCUT2D eigenvalue weighted by Gasteiger charge is 2.59. The average molecular weight is 772 g/mol. The van der Waals surface area contributed by atoms with Crippen molar-refractivity contribution in [1.29, 1.82) is 0 Å². The van der Waals surface area contributed by atoms with Crippen molar-refractivity contribution in [3.63, 3.8) is 0 Å². The lowest BCUT2D eigenvalue weighted by Crippen LogP contribution is -2.43. The predicted octanol–water partition coefficient (Wildman–Crippen LogP) is 14.6. The fourth-order valence-corrected chi connectivity index (χ4v) is 12.2. The third kappa shape index (κ3) is 4.02. The van der Waals surface area contributed by atoms with E-state index in [-0.39, 0.29) is 0 Å². The van der Waals surface area contributed by atoms with E-state index in [0.717, 1.165) is 5.69 Å². The largest absolute Gasteiger partial charge is 0.309 e. The van der Waals surface area contributed by atoms with Gasteiger partial charge in [0.05, 0.1) is 21.9 Å². The van der Waals surface area contributed by atoms with Crippen LogP contribution in [0.4, 0.5) is 0 Å². The summed E-state index contributed by atoms with van der Waals surface area (Å²) in [5.74, 6) is 0. The van der Waals surface area contributed by atoms with E-state index in [1.54, 1.807) is 0 Å². The molecule has 2 spiro atoms. The molecule has 0 radical (unpaired) electrons. The minimum absolute atomic E-state index is 0.473. The number of benzene rings is 10. The van der Waals surface area contributed by atoms with Crippen molar-refractivity contribution >= 4 is 32.6 Å². The first-order valence-corrected chi connectivity index (χ1v) is 21.4. The molecule has 0 amide bonds. The van der Waals surface area contributed by atoms with Gasteiger partial charge < -0.3 is 4.57 Å². The van der Waals surface area contributed by atoms with Gasteiger partial charge in [0.25, 0.3) is 0 Å². The van der Waals surface area contributed by atoms with E-state index in [1.807, 2.05) is 0 Å². The fourth-order valence-electron chi connectivity index (χ4n) is 12.2. The number of hydrogen-bond donors (Lipinski definition) is 0. The Morgan fingerprint density at radius 3 is 1.39 bits per heavy atom. The van der Waals surface area contributed by atoms with E-state index >= 15 is 0 Å². The molecule has 1 heteroatoms. The molecule has 61 heavy (non-hydrogen) atoms. The van der Waals surface area contributed by atoms with Crippen LogP contribution in [0.3, 0.4) is 0 Å². The van der Waals surface area contributed by atoms with Crippen LogP contribution in [-0.4, -0.2) is 4.57 Å². The van der Waals surface area contributed by atoms with Gasteiger partial charge in [-0.05, 0) is 108 Å². The summed E-state index contributed by atoms with van der Waals surface area (Å²) in [4.78, 5) is 0. The molecule has 1 heterocycles. The first kappa shape index (κ1) is 33.1. The summed E-state index contributed by atoms with van der Waals surface area (Å²) in [6, 6.07) is 84.8. The summed E-state index contributed by atoms with van der Waals surface area (Å²) >= 11 is 0. The first-order valence-electron chi connectivity index (χ1n) is 21.4. The normalized spacial score (nSPS) is 14.5. The second kappa shape index (κ2) is 11.9. The van der Waals surface area contributed by atoms with Crippen molar-refractivity contribution in [2.45, 2.75) is 10.8 Å². The summed E-state index contributed by atoms with van der Waals surface area (Å²) in [6.07, 6.45) is 0. The predicted molar refractivity (Wildman–Crippen MR) is 252 cm³/mol. The van der Waals surface area contributed by atoms with Crippen LogP contribution in [0.25, 0.3) is 71.6 Å². The molecule has 0 N–H and O–H groups in total. The number of rotatable bonds is 2. The fraction of sp³-hybridized carbons (Fsp3) is 0.0333. The van der Waals surface area contributed by atoms with Crippen LogP contribution < -0.4 is 0 Å². The average Bonchev–Trinajstić information content (AvgIpc) is 3.93. The van der Waals surface area contributed by atoms with Gasteiger partial charge in [0.2, 0.25) is 0 Å². The third-order valence-electron chi connectivity index (χ3n) is 14.5. The minimum Gasteiger partial charge on any atom is -0.309 e. The molecule has 11 aromatic rings. The van der Waals surface area contributed by atoms with E-state index < -0.39 is 10.8 Å². The second-order valence-corrected chi connectivity index (χ2v) is 17.1. The number of fused-ring (bicyclic) bond motifs is 21. The second-order valence-electron chi connectivity index (χ2n) is 17.1. The summed E-state index contributed by atoms with van der Waals surface area (Å²) in [5.41, 5.74) is 21.1.